The molecule has 0 heterocycles. The fourth-order valence-corrected chi connectivity index (χ4v) is 2.86. The predicted molar refractivity (Wildman–Crippen MR) is 88.5 cm³/mol. The second-order valence-corrected chi connectivity index (χ2v) is 5.76. The first-order chi connectivity index (χ1) is 9.33. The van der Waals surface area contributed by atoms with Crippen molar-refractivity contribution in [2.24, 2.45) is 0 Å². The smallest absolute Gasteiger partial charge is 0.00313 e. The van der Waals surface area contributed by atoms with Gasteiger partial charge < -0.3 is 0 Å². The minimum atomic E-state index is 1.12. The first-order valence-corrected chi connectivity index (χ1v) is 8.15. The van der Waals surface area contributed by atoms with Crippen molar-refractivity contribution in [2.45, 2.75) is 32.6 Å². The zero-order valence-electron chi connectivity index (χ0n) is 11.5. The van der Waals surface area contributed by atoms with Crippen LogP contribution in [0.25, 0.3) is 0 Å². The lowest BCUT2D eigenvalue weighted by Gasteiger charge is -2.11. The third-order valence-corrected chi connectivity index (χ3v) is 4.09. The Morgan fingerprint density at radius 2 is 1.47 bits per heavy atom. The highest BCUT2D eigenvalue weighted by molar-refractivity contribution is 9.09. The normalized spacial score (nSPS) is 17.8. The molecule has 0 nitrogen and oxygen atoms in total. The molecule has 2 aliphatic carbocycles. The summed E-state index contributed by atoms with van der Waals surface area (Å²) in [7, 11) is 0. The maximum atomic E-state index is 3.50. The molecule has 0 saturated carbocycles. The maximum Gasteiger partial charge on any atom is 0.00313 e. The summed E-state index contributed by atoms with van der Waals surface area (Å²) in [6.45, 7) is 2.19. The quantitative estimate of drug-likeness (QED) is 0.443. The van der Waals surface area contributed by atoms with Gasteiger partial charge in [0.1, 0.15) is 0 Å². The lowest BCUT2D eigenvalue weighted by atomic mass is 9.94. The Bertz CT molecular complexity index is 496. The minimum absolute atomic E-state index is 1.12. The van der Waals surface area contributed by atoms with Crippen LogP contribution in [0.1, 0.15) is 32.6 Å². The van der Waals surface area contributed by atoms with Gasteiger partial charge in [0.2, 0.25) is 0 Å². The Kier molecular flexibility index (Phi) is 5.65. The van der Waals surface area contributed by atoms with Crippen LogP contribution in [0.3, 0.4) is 0 Å². The molecule has 0 amide bonds. The zero-order valence-corrected chi connectivity index (χ0v) is 13.1. The molecule has 0 unspecified atom stereocenters. The van der Waals surface area contributed by atoms with Gasteiger partial charge in [0.25, 0.3) is 0 Å². The van der Waals surface area contributed by atoms with Crippen LogP contribution in [-0.2, 0) is 0 Å². The van der Waals surface area contributed by atoms with Crippen LogP contribution in [0.15, 0.2) is 70.9 Å². The van der Waals surface area contributed by atoms with E-state index < -0.39 is 0 Å². The molecule has 1 heteroatoms. The van der Waals surface area contributed by atoms with Crippen LogP contribution >= 0.6 is 15.9 Å². The van der Waals surface area contributed by atoms with E-state index in [1.165, 1.54) is 48.0 Å². The Labute approximate surface area is 125 Å². The number of fused-ring (bicyclic) bond motifs is 1. The van der Waals surface area contributed by atoms with E-state index in [1.54, 1.807) is 0 Å². The second-order valence-electron chi connectivity index (χ2n) is 4.97. The highest BCUT2D eigenvalue weighted by Gasteiger charge is 2.10. The van der Waals surface area contributed by atoms with E-state index in [9.17, 15) is 0 Å². The van der Waals surface area contributed by atoms with Crippen LogP contribution in [0, 0.1) is 0 Å². The summed E-state index contributed by atoms with van der Waals surface area (Å²) in [6.07, 6.45) is 22.5. The topological polar surface area (TPSA) is 0 Å². The van der Waals surface area contributed by atoms with E-state index >= 15 is 0 Å². The van der Waals surface area contributed by atoms with Gasteiger partial charge in [-0.25, -0.2) is 0 Å². The second kappa shape index (κ2) is 7.49. The van der Waals surface area contributed by atoms with Crippen LogP contribution < -0.4 is 0 Å². The third kappa shape index (κ3) is 3.94. The fourth-order valence-electron chi connectivity index (χ4n) is 2.46. The zero-order chi connectivity index (χ0) is 13.5. The van der Waals surface area contributed by atoms with Crippen molar-refractivity contribution in [3.05, 3.63) is 70.9 Å². The molecule has 0 N–H and O–H groups in total. The molecule has 0 aliphatic heterocycles. The third-order valence-electron chi connectivity index (χ3n) is 3.53. The predicted octanol–water partition coefficient (Wildman–Crippen LogP) is 5.81. The van der Waals surface area contributed by atoms with Crippen molar-refractivity contribution in [1.29, 1.82) is 0 Å². The number of alkyl halides is 1. The van der Waals surface area contributed by atoms with E-state index in [4.69, 9.17) is 0 Å². The van der Waals surface area contributed by atoms with Crippen LogP contribution in [0.4, 0.5) is 0 Å². The summed E-state index contributed by atoms with van der Waals surface area (Å²) < 4.78 is 0. The SMILES string of the molecule is CC1=C2C=CC=CC(CCCCCBr)=C2C=CC=C1. The van der Waals surface area contributed by atoms with Crippen LogP contribution in [-0.4, -0.2) is 5.33 Å². The molecule has 0 radical (unpaired) electrons. The monoisotopic (exact) mass is 316 g/mol. The molecule has 0 atom stereocenters. The average molecular weight is 317 g/mol. The molecule has 2 rings (SSSR count). The van der Waals surface area contributed by atoms with Crippen molar-refractivity contribution in [3.63, 3.8) is 0 Å². The van der Waals surface area contributed by atoms with Gasteiger partial charge in [-0.3, -0.25) is 0 Å². The molecule has 0 saturated heterocycles. The first kappa shape index (κ1) is 14.3. The molecule has 0 aromatic rings. The molecule has 100 valence electrons. The summed E-state index contributed by atoms with van der Waals surface area (Å²) in [4.78, 5) is 0. The largest absolute Gasteiger partial charge is 0.0928 e. The minimum Gasteiger partial charge on any atom is -0.0928 e. The summed E-state index contributed by atoms with van der Waals surface area (Å²) in [5, 5.41) is 1.12. The molecule has 0 aromatic carbocycles. The Morgan fingerprint density at radius 3 is 2.26 bits per heavy atom. The molecule has 0 bridgehead atoms. The van der Waals surface area contributed by atoms with E-state index in [-0.39, 0.29) is 0 Å². The first-order valence-electron chi connectivity index (χ1n) is 7.03. The van der Waals surface area contributed by atoms with E-state index in [0.29, 0.717) is 0 Å². The van der Waals surface area contributed by atoms with Gasteiger partial charge in [-0.2, -0.15) is 0 Å². The van der Waals surface area contributed by atoms with Crippen molar-refractivity contribution >= 4 is 15.9 Å². The summed E-state index contributed by atoms with van der Waals surface area (Å²) >= 11 is 3.50. The van der Waals surface area contributed by atoms with Gasteiger partial charge in [-0.15, -0.1) is 0 Å². The summed E-state index contributed by atoms with van der Waals surface area (Å²) in [5.41, 5.74) is 5.57. The van der Waals surface area contributed by atoms with Crippen molar-refractivity contribution in [2.75, 3.05) is 5.33 Å². The number of rotatable bonds is 5. The van der Waals surface area contributed by atoms with Gasteiger partial charge >= 0.3 is 0 Å². The lowest BCUT2D eigenvalue weighted by Crippen LogP contribution is -1.92. The van der Waals surface area contributed by atoms with E-state index in [0.717, 1.165) is 5.33 Å². The highest BCUT2D eigenvalue weighted by Crippen LogP contribution is 2.29. The molecule has 19 heavy (non-hydrogen) atoms. The molecule has 0 aromatic heterocycles. The highest BCUT2D eigenvalue weighted by atomic mass is 79.9. The number of halogens is 1. The standard InChI is InChI=1S/C18H21Br/c1-15-9-4-6-13-18-16(10-3-2-8-14-19)11-5-7-12-17(15)18/h4-7,9,11-13H,2-3,8,10,14H2,1H3. The van der Waals surface area contributed by atoms with Gasteiger partial charge in [0.05, 0.1) is 0 Å². The number of hydrogen-bond donors (Lipinski definition) is 0. The summed E-state index contributed by atoms with van der Waals surface area (Å²) in [6, 6.07) is 0. The Balaban J connectivity index is 2.23. The van der Waals surface area contributed by atoms with Crippen molar-refractivity contribution in [3.8, 4) is 0 Å². The Morgan fingerprint density at radius 1 is 0.789 bits per heavy atom. The average Bonchev–Trinajstić information content (AvgIpc) is 2.71. The molecule has 0 spiro atoms. The van der Waals surface area contributed by atoms with Gasteiger partial charge in [-0.05, 0) is 48.5 Å². The van der Waals surface area contributed by atoms with Gasteiger partial charge in [0, 0.05) is 5.33 Å². The number of unbranched alkanes of at least 4 members (excludes halogenated alkanes) is 2. The fraction of sp³-hybridized carbons (Fsp3) is 0.333. The molecular weight excluding hydrogens is 296 g/mol. The number of allylic oxidation sites excluding steroid dienone is 12. The molecule has 0 fully saturated rings. The lowest BCUT2D eigenvalue weighted by molar-refractivity contribution is 0.725. The van der Waals surface area contributed by atoms with E-state index in [2.05, 4.69) is 71.5 Å². The van der Waals surface area contributed by atoms with E-state index in [1.807, 2.05) is 0 Å². The van der Waals surface area contributed by atoms with Gasteiger partial charge in [0.15, 0.2) is 0 Å². The van der Waals surface area contributed by atoms with Crippen molar-refractivity contribution in [1.82, 2.24) is 0 Å². The van der Waals surface area contributed by atoms with Crippen LogP contribution in [0.2, 0.25) is 0 Å². The van der Waals surface area contributed by atoms with Gasteiger partial charge in [-0.1, -0.05) is 71.0 Å². The Hall–Kier alpha value is -1.08. The maximum absolute atomic E-state index is 3.50. The van der Waals surface area contributed by atoms with Crippen molar-refractivity contribution < 1.29 is 0 Å². The molecular formula is C18H21Br. The van der Waals surface area contributed by atoms with Crippen LogP contribution in [0.5, 0.6) is 0 Å². The molecule has 2 aliphatic rings. The summed E-state index contributed by atoms with van der Waals surface area (Å²) in [5.74, 6) is 0. The number of hydrogen-bond acceptors (Lipinski definition) is 0.